The van der Waals surface area contributed by atoms with Crippen LogP contribution in [-0.2, 0) is 15.0 Å². The Morgan fingerprint density at radius 1 is 1.05 bits per heavy atom. The molecule has 0 spiro atoms. The van der Waals surface area contributed by atoms with Crippen molar-refractivity contribution in [3.63, 3.8) is 0 Å². The summed E-state index contributed by atoms with van der Waals surface area (Å²) in [5.41, 5.74) is 2.82. The van der Waals surface area contributed by atoms with E-state index in [1.54, 1.807) is 38.6 Å². The first-order valence-corrected chi connectivity index (χ1v) is 12.6. The van der Waals surface area contributed by atoms with E-state index < -0.39 is 5.97 Å². The van der Waals surface area contributed by atoms with E-state index in [9.17, 15) is 14.7 Å². The van der Waals surface area contributed by atoms with Crippen LogP contribution in [0.1, 0.15) is 92.8 Å². The van der Waals surface area contributed by atoms with Crippen molar-refractivity contribution in [2.75, 3.05) is 26.6 Å². The van der Waals surface area contributed by atoms with Gasteiger partial charge in [0.1, 0.15) is 18.6 Å². The molecule has 0 aromatic heterocycles. The second-order valence-corrected chi connectivity index (χ2v) is 10.0. The van der Waals surface area contributed by atoms with E-state index in [1.165, 1.54) is 13.2 Å². The number of carbonyl (C=O) groups excluding carboxylic acids is 1. The van der Waals surface area contributed by atoms with E-state index >= 15 is 0 Å². The summed E-state index contributed by atoms with van der Waals surface area (Å²) in [5, 5.41) is 16.4. The summed E-state index contributed by atoms with van der Waals surface area (Å²) < 4.78 is 11.2. The van der Waals surface area contributed by atoms with Gasteiger partial charge in [0.05, 0.1) is 26.0 Å². The monoisotopic (exact) mass is 512 g/mol. The van der Waals surface area contributed by atoms with Crippen LogP contribution >= 0.6 is 0 Å². The summed E-state index contributed by atoms with van der Waals surface area (Å²) in [7, 11) is 4.64. The molecule has 202 valence electrons. The standard InChI is InChI=1S/C29H40N2O6/c1-8-9-10-11-19(22-14-21(18-30-37-7)25(35-5)17-26(22)36-6)16-27(32)31-24-15-20(28(33)34)12-13-23(24)29(2,3)4/h12-15,17-19H,8-11,16H2,1-7H3,(H,31,32)(H,33,34). The van der Waals surface area contributed by atoms with E-state index in [1.807, 2.05) is 26.8 Å². The van der Waals surface area contributed by atoms with Crippen LogP contribution in [0, 0.1) is 0 Å². The van der Waals surface area contributed by atoms with E-state index in [4.69, 9.17) is 14.3 Å². The maximum absolute atomic E-state index is 13.4. The number of unbranched alkanes of at least 4 members (excludes halogenated alkanes) is 2. The molecule has 0 saturated heterocycles. The molecule has 0 radical (unpaired) electrons. The van der Waals surface area contributed by atoms with Crippen LogP contribution in [0.2, 0.25) is 0 Å². The molecule has 1 unspecified atom stereocenters. The number of hydrogen-bond donors (Lipinski definition) is 2. The molecular weight excluding hydrogens is 472 g/mol. The summed E-state index contributed by atoms with van der Waals surface area (Å²) in [6.07, 6.45) is 5.61. The highest BCUT2D eigenvalue weighted by atomic mass is 16.6. The van der Waals surface area contributed by atoms with Crippen molar-refractivity contribution in [2.24, 2.45) is 5.16 Å². The highest BCUT2D eigenvalue weighted by molar-refractivity contribution is 5.95. The number of ether oxygens (including phenoxy) is 2. The van der Waals surface area contributed by atoms with Crippen LogP contribution in [0.5, 0.6) is 11.5 Å². The molecule has 0 bridgehead atoms. The molecule has 0 saturated carbocycles. The van der Waals surface area contributed by atoms with E-state index in [-0.39, 0.29) is 29.2 Å². The van der Waals surface area contributed by atoms with Gasteiger partial charge in [-0.05, 0) is 47.1 Å². The lowest BCUT2D eigenvalue weighted by molar-refractivity contribution is -0.116. The zero-order valence-corrected chi connectivity index (χ0v) is 23.0. The highest BCUT2D eigenvalue weighted by Gasteiger charge is 2.25. The van der Waals surface area contributed by atoms with Crippen LogP contribution < -0.4 is 14.8 Å². The van der Waals surface area contributed by atoms with E-state index in [0.717, 1.165) is 36.8 Å². The molecule has 0 fully saturated rings. The lowest BCUT2D eigenvalue weighted by Crippen LogP contribution is -2.21. The predicted molar refractivity (Wildman–Crippen MR) is 146 cm³/mol. The van der Waals surface area contributed by atoms with Crippen LogP contribution in [0.3, 0.4) is 0 Å². The summed E-state index contributed by atoms with van der Waals surface area (Å²) >= 11 is 0. The number of hydrogen-bond acceptors (Lipinski definition) is 6. The van der Waals surface area contributed by atoms with Gasteiger partial charge in [-0.15, -0.1) is 0 Å². The summed E-state index contributed by atoms with van der Waals surface area (Å²) in [5.74, 6) is -0.161. The predicted octanol–water partition coefficient (Wildman–Crippen LogP) is 6.37. The van der Waals surface area contributed by atoms with Gasteiger partial charge < -0.3 is 24.7 Å². The van der Waals surface area contributed by atoms with Gasteiger partial charge in [0.25, 0.3) is 0 Å². The zero-order chi connectivity index (χ0) is 27.6. The molecule has 8 heteroatoms. The van der Waals surface area contributed by atoms with Crippen LogP contribution in [0.25, 0.3) is 0 Å². The van der Waals surface area contributed by atoms with Crippen LogP contribution in [0.15, 0.2) is 35.5 Å². The van der Waals surface area contributed by atoms with E-state index in [0.29, 0.717) is 22.7 Å². The first-order valence-electron chi connectivity index (χ1n) is 12.6. The largest absolute Gasteiger partial charge is 0.496 e. The summed E-state index contributed by atoms with van der Waals surface area (Å²) in [6, 6.07) is 8.59. The molecule has 0 heterocycles. The molecule has 2 aromatic rings. The fourth-order valence-electron chi connectivity index (χ4n) is 4.35. The number of oxime groups is 1. The molecule has 2 rings (SSSR count). The first kappa shape index (κ1) is 29.7. The third kappa shape index (κ3) is 8.23. The highest BCUT2D eigenvalue weighted by Crippen LogP contribution is 2.38. The van der Waals surface area contributed by atoms with Gasteiger partial charge in [-0.3, -0.25) is 4.79 Å². The van der Waals surface area contributed by atoms with E-state index in [2.05, 4.69) is 17.4 Å². The van der Waals surface area contributed by atoms with Gasteiger partial charge >= 0.3 is 5.97 Å². The Labute approximate surface area is 220 Å². The topological polar surface area (TPSA) is 106 Å². The molecule has 2 N–H and O–H groups in total. The number of carboxylic acids is 1. The van der Waals surface area contributed by atoms with Gasteiger partial charge in [0.2, 0.25) is 5.91 Å². The number of nitrogens with zero attached hydrogens (tertiary/aromatic N) is 1. The molecule has 1 atom stereocenters. The Balaban J connectivity index is 2.47. The van der Waals surface area contributed by atoms with Crippen LogP contribution in [-0.4, -0.2) is 44.5 Å². The Kier molecular flexibility index (Phi) is 11.0. The smallest absolute Gasteiger partial charge is 0.335 e. The maximum Gasteiger partial charge on any atom is 0.335 e. The average Bonchev–Trinajstić information content (AvgIpc) is 2.85. The SMILES string of the molecule is CCCCCC(CC(=O)Nc1cc(C(=O)O)ccc1C(C)(C)C)c1cc(C=NOC)c(OC)cc1OC. The molecular formula is C29H40N2O6. The number of nitrogens with one attached hydrogen (secondary N) is 1. The Morgan fingerprint density at radius 2 is 1.76 bits per heavy atom. The quantitative estimate of drug-likeness (QED) is 0.183. The third-order valence-corrected chi connectivity index (χ3v) is 6.26. The zero-order valence-electron chi connectivity index (χ0n) is 23.0. The van der Waals surface area contributed by atoms with Crippen molar-refractivity contribution < 1.29 is 29.0 Å². The minimum absolute atomic E-state index is 0.127. The molecule has 37 heavy (non-hydrogen) atoms. The van der Waals surface area contributed by atoms with Crippen LogP contribution in [0.4, 0.5) is 5.69 Å². The number of rotatable bonds is 13. The fourth-order valence-corrected chi connectivity index (χ4v) is 4.35. The maximum atomic E-state index is 13.4. The second-order valence-electron chi connectivity index (χ2n) is 10.0. The van der Waals surface area contributed by atoms with Gasteiger partial charge in [-0.2, -0.15) is 0 Å². The average molecular weight is 513 g/mol. The van der Waals surface area contributed by atoms with Crippen molar-refractivity contribution in [3.05, 3.63) is 52.6 Å². The second kappa shape index (κ2) is 13.7. The number of carboxylic acid groups (broad SMARTS) is 1. The third-order valence-electron chi connectivity index (χ3n) is 6.26. The summed E-state index contributed by atoms with van der Waals surface area (Å²) in [4.78, 5) is 29.8. The fraction of sp³-hybridized carbons (Fsp3) is 0.483. The Bertz CT molecular complexity index is 1100. The lowest BCUT2D eigenvalue weighted by atomic mass is 9.84. The molecule has 0 aliphatic rings. The number of carbonyl (C=O) groups is 2. The number of aromatic carboxylic acids is 1. The minimum Gasteiger partial charge on any atom is -0.496 e. The van der Waals surface area contributed by atoms with Gasteiger partial charge in [0, 0.05) is 23.7 Å². The molecule has 1 amide bonds. The number of anilines is 1. The molecule has 2 aromatic carbocycles. The van der Waals surface area contributed by atoms with Crippen molar-refractivity contribution >= 4 is 23.8 Å². The van der Waals surface area contributed by atoms with Gasteiger partial charge in [-0.1, -0.05) is 58.2 Å². The minimum atomic E-state index is -1.04. The van der Waals surface area contributed by atoms with Crippen molar-refractivity contribution in [1.82, 2.24) is 0 Å². The normalized spacial score (nSPS) is 12.3. The first-order chi connectivity index (χ1) is 17.5. The van der Waals surface area contributed by atoms with Crippen molar-refractivity contribution in [1.29, 1.82) is 0 Å². The number of benzene rings is 2. The number of amides is 1. The van der Waals surface area contributed by atoms with Crippen molar-refractivity contribution in [3.8, 4) is 11.5 Å². The molecule has 0 aliphatic carbocycles. The summed E-state index contributed by atoms with van der Waals surface area (Å²) in [6.45, 7) is 8.21. The van der Waals surface area contributed by atoms with Crippen molar-refractivity contribution in [2.45, 2.75) is 71.1 Å². The molecule has 0 aliphatic heterocycles. The number of methoxy groups -OCH3 is 2. The van der Waals surface area contributed by atoms with Gasteiger partial charge in [-0.25, -0.2) is 4.79 Å². The lowest BCUT2D eigenvalue weighted by Gasteiger charge is -2.25. The molecule has 8 nitrogen and oxygen atoms in total. The Morgan fingerprint density at radius 3 is 2.32 bits per heavy atom. The Hall–Kier alpha value is -3.55. The van der Waals surface area contributed by atoms with Gasteiger partial charge in [0.15, 0.2) is 0 Å².